The zero-order valence-corrected chi connectivity index (χ0v) is 30.6. The van der Waals surface area contributed by atoms with Gasteiger partial charge in [-0.3, -0.25) is 9.59 Å². The molecule has 2 N–H and O–H groups in total. The van der Waals surface area contributed by atoms with Crippen LogP contribution < -0.4 is 10.6 Å². The molecular formula is C26H62N3O4Si4+. The van der Waals surface area contributed by atoms with Gasteiger partial charge in [0.2, 0.25) is 0 Å². The molecule has 0 bridgehead atoms. The highest BCUT2D eigenvalue weighted by atomic mass is 28.4. The molecule has 220 valence electrons. The monoisotopic (exact) mass is 592 g/mol. The Bertz CT molecular complexity index is 696. The van der Waals surface area contributed by atoms with E-state index in [9.17, 15) is 9.59 Å². The maximum absolute atomic E-state index is 12.5. The van der Waals surface area contributed by atoms with Gasteiger partial charge in [0, 0.05) is 13.1 Å². The van der Waals surface area contributed by atoms with E-state index in [2.05, 4.69) is 76.5 Å². The average Bonchev–Trinajstić information content (AvgIpc) is 2.66. The van der Waals surface area contributed by atoms with E-state index >= 15 is 0 Å². The second-order valence-corrected chi connectivity index (χ2v) is 32.1. The Morgan fingerprint density at radius 3 is 1.49 bits per heavy atom. The van der Waals surface area contributed by atoms with Crippen LogP contribution >= 0.6 is 0 Å². The van der Waals surface area contributed by atoms with Crippen LogP contribution in [0, 0.1) is 0 Å². The number of unbranched alkanes of at least 4 members (excludes halogenated alkanes) is 2. The Labute approximate surface area is 233 Å². The summed E-state index contributed by atoms with van der Waals surface area (Å²) in [6.45, 7) is 24.8. The summed E-state index contributed by atoms with van der Waals surface area (Å²) in [6, 6.07) is 3.41. The van der Waals surface area contributed by atoms with Crippen molar-refractivity contribution in [2.45, 2.75) is 116 Å². The van der Waals surface area contributed by atoms with Crippen LogP contribution in [0.2, 0.25) is 77.1 Å². The number of likely N-dealkylation sites (N-methyl/N-ethyl adjacent to an activating group) is 1. The van der Waals surface area contributed by atoms with Gasteiger partial charge in [0.05, 0.1) is 14.1 Å². The summed E-state index contributed by atoms with van der Waals surface area (Å²) in [5.41, 5.74) is 0. The fraction of sp³-hybridized carbons (Fsp3) is 0.923. The standard InChI is InChI=1S/C26H61N3O4Si4/c1-13-14-20-36(9,10)33-37(11,12)22-17-19-28-26(31)24-29(2,3)23-25(30)27-18-15-16-21-35(7,8)32-34(4,5)6/h13-24H2,1-12H3,(H-,27,28,30,31)/p+1. The van der Waals surface area contributed by atoms with Gasteiger partial charge in [0.15, 0.2) is 46.4 Å². The summed E-state index contributed by atoms with van der Waals surface area (Å²) in [5, 5.41) is 6.10. The number of nitrogens with one attached hydrogen (secondary N) is 2. The smallest absolute Gasteiger partial charge is 0.275 e. The number of hydrogen-bond acceptors (Lipinski definition) is 4. The number of amides is 2. The molecule has 0 heterocycles. The van der Waals surface area contributed by atoms with Gasteiger partial charge in [-0.2, -0.15) is 0 Å². The first-order valence-electron chi connectivity index (χ1n) is 14.4. The molecular weight excluding hydrogens is 531 g/mol. The SMILES string of the molecule is CCCC[Si](C)(C)O[Si](C)(C)CCCNC(=O)C[N+](C)(C)CC(=O)NCCCC[Si](C)(C)O[Si](C)(C)C. The highest BCUT2D eigenvalue weighted by molar-refractivity contribution is 6.85. The lowest BCUT2D eigenvalue weighted by atomic mass is 10.3. The number of nitrogens with zero attached hydrogens (tertiary/aromatic N) is 1. The van der Waals surface area contributed by atoms with Gasteiger partial charge in [0.25, 0.3) is 11.8 Å². The summed E-state index contributed by atoms with van der Waals surface area (Å²) < 4.78 is 13.4. The highest BCUT2D eigenvalue weighted by Crippen LogP contribution is 2.24. The Balaban J connectivity index is 4.23. The van der Waals surface area contributed by atoms with Crippen LogP contribution in [0.1, 0.15) is 39.0 Å². The Hall–Kier alpha value is -0.312. The van der Waals surface area contributed by atoms with Crippen molar-refractivity contribution in [3.05, 3.63) is 0 Å². The molecule has 0 aliphatic heterocycles. The van der Waals surface area contributed by atoms with Crippen LogP contribution in [0.4, 0.5) is 0 Å². The molecule has 0 aliphatic rings. The molecule has 0 atom stereocenters. The van der Waals surface area contributed by atoms with E-state index in [0.717, 1.165) is 31.4 Å². The second-order valence-electron chi connectivity index (χ2n) is 14.2. The third-order valence-corrected chi connectivity index (χ3v) is 20.0. The zero-order valence-electron chi connectivity index (χ0n) is 26.6. The third kappa shape index (κ3) is 21.2. The van der Waals surface area contributed by atoms with Crippen molar-refractivity contribution in [2.75, 3.05) is 40.3 Å². The second kappa shape index (κ2) is 16.1. The number of hydrogen-bond donors (Lipinski definition) is 2. The van der Waals surface area contributed by atoms with Crippen molar-refractivity contribution in [1.29, 1.82) is 0 Å². The van der Waals surface area contributed by atoms with E-state index in [4.69, 9.17) is 8.23 Å². The molecule has 0 saturated heterocycles. The maximum atomic E-state index is 12.5. The first kappa shape index (κ1) is 36.7. The number of rotatable bonds is 20. The lowest BCUT2D eigenvalue weighted by molar-refractivity contribution is -0.874. The Morgan fingerprint density at radius 1 is 0.622 bits per heavy atom. The van der Waals surface area contributed by atoms with Crippen molar-refractivity contribution in [1.82, 2.24) is 10.6 Å². The summed E-state index contributed by atoms with van der Waals surface area (Å²) in [4.78, 5) is 25.0. The molecule has 0 fully saturated rings. The van der Waals surface area contributed by atoms with E-state index in [1.165, 1.54) is 18.9 Å². The molecule has 37 heavy (non-hydrogen) atoms. The van der Waals surface area contributed by atoms with Crippen molar-refractivity contribution in [3.8, 4) is 0 Å². The molecule has 0 aromatic heterocycles. The fourth-order valence-electron chi connectivity index (χ4n) is 4.92. The summed E-state index contributed by atoms with van der Waals surface area (Å²) in [5.74, 6) is 0.0119. The predicted octanol–water partition coefficient (Wildman–Crippen LogP) is 5.75. The molecule has 0 aromatic rings. The zero-order chi connectivity index (χ0) is 29.0. The van der Waals surface area contributed by atoms with Gasteiger partial charge in [-0.15, -0.1) is 0 Å². The highest BCUT2D eigenvalue weighted by Gasteiger charge is 2.32. The minimum absolute atomic E-state index is 0.00503. The van der Waals surface area contributed by atoms with Crippen LogP contribution in [-0.2, 0) is 17.8 Å². The van der Waals surface area contributed by atoms with Gasteiger partial charge in [0.1, 0.15) is 0 Å². The summed E-state index contributed by atoms with van der Waals surface area (Å²) in [7, 11) is -2.54. The fourth-order valence-corrected chi connectivity index (χ4v) is 22.1. The topological polar surface area (TPSA) is 76.7 Å². The molecule has 11 heteroatoms. The van der Waals surface area contributed by atoms with Gasteiger partial charge in [-0.05, 0) is 89.9 Å². The quantitative estimate of drug-likeness (QED) is 0.107. The molecule has 0 saturated carbocycles. The molecule has 0 radical (unpaired) electrons. The average molecular weight is 593 g/mol. The molecule has 2 amide bonds. The molecule has 0 aromatic carbocycles. The van der Waals surface area contributed by atoms with Crippen molar-refractivity contribution in [3.63, 3.8) is 0 Å². The molecule has 7 nitrogen and oxygen atoms in total. The minimum atomic E-state index is -1.72. The maximum Gasteiger partial charge on any atom is 0.275 e. The molecule has 0 rings (SSSR count). The third-order valence-electron chi connectivity index (χ3n) is 6.22. The summed E-state index contributed by atoms with van der Waals surface area (Å²) >= 11 is 0. The number of carbonyl (C=O) groups excluding carboxylic acids is 2. The van der Waals surface area contributed by atoms with E-state index in [0.29, 0.717) is 30.7 Å². The van der Waals surface area contributed by atoms with Crippen molar-refractivity contribution < 1.29 is 22.3 Å². The lowest BCUT2D eigenvalue weighted by Crippen LogP contribution is -2.52. The first-order chi connectivity index (χ1) is 16.7. The largest absolute Gasteiger partial charge is 0.456 e. The van der Waals surface area contributed by atoms with Crippen LogP contribution in [-0.4, -0.2) is 89.8 Å². The first-order valence-corrected chi connectivity index (χ1v) is 27.2. The van der Waals surface area contributed by atoms with Crippen LogP contribution in [0.15, 0.2) is 0 Å². The summed E-state index contributed by atoms with van der Waals surface area (Å²) in [6.07, 6.45) is 5.46. The van der Waals surface area contributed by atoms with E-state index in [1.54, 1.807) is 0 Å². The van der Waals surface area contributed by atoms with E-state index in [1.807, 2.05) is 14.1 Å². The normalized spacial score (nSPS) is 13.5. The minimum Gasteiger partial charge on any atom is -0.456 e. The Morgan fingerprint density at radius 2 is 1.03 bits per heavy atom. The van der Waals surface area contributed by atoms with Crippen LogP contribution in [0.3, 0.4) is 0 Å². The van der Waals surface area contributed by atoms with Gasteiger partial charge in [-0.25, -0.2) is 0 Å². The van der Waals surface area contributed by atoms with Crippen LogP contribution in [0.5, 0.6) is 0 Å². The lowest BCUT2D eigenvalue weighted by Gasteiger charge is -2.34. The number of quaternary nitrogens is 1. The Kier molecular flexibility index (Phi) is 15.9. The van der Waals surface area contributed by atoms with Crippen LogP contribution in [0.25, 0.3) is 0 Å². The van der Waals surface area contributed by atoms with Crippen molar-refractivity contribution >= 4 is 45.1 Å². The van der Waals surface area contributed by atoms with Gasteiger partial charge < -0.3 is 23.3 Å². The molecule has 0 aliphatic carbocycles. The van der Waals surface area contributed by atoms with E-state index in [-0.39, 0.29) is 11.8 Å². The van der Waals surface area contributed by atoms with Crippen molar-refractivity contribution in [2.24, 2.45) is 0 Å². The number of carbonyl (C=O) groups is 2. The van der Waals surface area contributed by atoms with Gasteiger partial charge in [-0.1, -0.05) is 26.2 Å². The van der Waals surface area contributed by atoms with E-state index < -0.39 is 33.3 Å². The molecule has 0 spiro atoms. The predicted molar refractivity (Wildman–Crippen MR) is 169 cm³/mol. The van der Waals surface area contributed by atoms with Gasteiger partial charge >= 0.3 is 0 Å². The molecule has 0 unspecified atom stereocenters.